The van der Waals surface area contributed by atoms with Gasteiger partial charge in [-0.1, -0.05) is 17.7 Å². The van der Waals surface area contributed by atoms with Crippen molar-refractivity contribution in [3.63, 3.8) is 0 Å². The number of benzene rings is 1. The van der Waals surface area contributed by atoms with Gasteiger partial charge in [0, 0.05) is 55.4 Å². The van der Waals surface area contributed by atoms with E-state index in [4.69, 9.17) is 31.0 Å². The van der Waals surface area contributed by atoms with Crippen molar-refractivity contribution < 1.29 is 14.3 Å². The van der Waals surface area contributed by atoms with E-state index in [9.17, 15) is 4.79 Å². The minimum atomic E-state index is -0.150. The van der Waals surface area contributed by atoms with Crippen LogP contribution in [0.4, 0.5) is 22.2 Å². The van der Waals surface area contributed by atoms with Crippen molar-refractivity contribution in [1.82, 2.24) is 14.9 Å². The Morgan fingerprint density at radius 2 is 1.69 bits per heavy atom. The van der Waals surface area contributed by atoms with E-state index in [0.29, 0.717) is 56.6 Å². The highest BCUT2D eigenvalue weighted by atomic mass is 35.5. The number of nitrogens with one attached hydrogen (secondary N) is 1. The number of morpholine rings is 2. The van der Waals surface area contributed by atoms with Gasteiger partial charge >= 0.3 is 6.03 Å². The number of urea groups is 1. The van der Waals surface area contributed by atoms with Gasteiger partial charge in [-0.15, -0.1) is 0 Å². The van der Waals surface area contributed by atoms with Crippen LogP contribution in [0.5, 0.6) is 0 Å². The molecule has 2 fully saturated rings. The van der Waals surface area contributed by atoms with Gasteiger partial charge in [-0.05, 0) is 18.2 Å². The van der Waals surface area contributed by atoms with Crippen molar-refractivity contribution in [1.29, 1.82) is 0 Å². The fourth-order valence-electron chi connectivity index (χ4n) is 4.27. The molecule has 0 spiro atoms. The first kappa shape index (κ1) is 21.2. The highest BCUT2D eigenvalue weighted by Crippen LogP contribution is 2.30. The van der Waals surface area contributed by atoms with Crippen LogP contribution in [-0.4, -0.2) is 80.1 Å². The highest BCUT2D eigenvalue weighted by molar-refractivity contribution is 6.30. The predicted octanol–water partition coefficient (Wildman–Crippen LogP) is 2.39. The van der Waals surface area contributed by atoms with Crippen LogP contribution in [0.2, 0.25) is 5.02 Å². The molecule has 1 aromatic heterocycles. The van der Waals surface area contributed by atoms with Crippen LogP contribution >= 0.6 is 11.6 Å². The number of fused-ring (bicyclic) bond motifs is 1. The van der Waals surface area contributed by atoms with Crippen LogP contribution in [0.25, 0.3) is 0 Å². The Balaban J connectivity index is 1.41. The van der Waals surface area contributed by atoms with Gasteiger partial charge in [-0.2, -0.15) is 4.98 Å². The molecule has 4 heterocycles. The first-order chi connectivity index (χ1) is 15.7. The van der Waals surface area contributed by atoms with Crippen molar-refractivity contribution in [2.75, 3.05) is 74.3 Å². The summed E-state index contributed by atoms with van der Waals surface area (Å²) >= 11 is 6.06. The number of carbonyl (C=O) groups excluding carboxylic acids is 1. The Morgan fingerprint density at radius 3 is 2.41 bits per heavy atom. The van der Waals surface area contributed by atoms with Crippen molar-refractivity contribution in [3.8, 4) is 0 Å². The maximum absolute atomic E-state index is 13.0. The van der Waals surface area contributed by atoms with Gasteiger partial charge in [-0.25, -0.2) is 9.78 Å². The molecule has 1 aromatic carbocycles. The van der Waals surface area contributed by atoms with Gasteiger partial charge in [0.15, 0.2) is 0 Å². The second kappa shape index (κ2) is 9.48. The number of anilines is 3. The quantitative estimate of drug-likeness (QED) is 0.756. The number of hydrogen-bond donors (Lipinski definition) is 1. The monoisotopic (exact) mass is 458 g/mol. The van der Waals surface area contributed by atoms with Crippen LogP contribution in [0, 0.1) is 0 Å². The highest BCUT2D eigenvalue weighted by Gasteiger charge is 2.29. The summed E-state index contributed by atoms with van der Waals surface area (Å²) in [5.74, 6) is 1.67. The number of aromatic nitrogens is 2. The first-order valence-electron chi connectivity index (χ1n) is 11.0. The van der Waals surface area contributed by atoms with E-state index >= 15 is 0 Å². The number of halogens is 1. The molecule has 0 unspecified atom stereocenters. The van der Waals surface area contributed by atoms with Crippen molar-refractivity contribution >= 4 is 35.1 Å². The van der Waals surface area contributed by atoms with Crippen molar-refractivity contribution in [2.45, 2.75) is 13.0 Å². The van der Waals surface area contributed by atoms with Crippen molar-refractivity contribution in [2.24, 2.45) is 0 Å². The topological polar surface area (TPSA) is 83.1 Å². The lowest BCUT2D eigenvalue weighted by atomic mass is 10.1. The van der Waals surface area contributed by atoms with Gasteiger partial charge in [0.05, 0.1) is 38.7 Å². The lowest BCUT2D eigenvalue weighted by molar-refractivity contribution is 0.121. The molecule has 0 radical (unpaired) electrons. The number of ether oxygens (including phenoxy) is 2. The molecule has 1 N–H and O–H groups in total. The zero-order valence-electron chi connectivity index (χ0n) is 17.9. The third kappa shape index (κ3) is 4.60. The van der Waals surface area contributed by atoms with Crippen molar-refractivity contribution in [3.05, 3.63) is 40.5 Å². The molecule has 0 bridgehead atoms. The van der Waals surface area contributed by atoms with E-state index in [1.165, 1.54) is 0 Å². The van der Waals surface area contributed by atoms with E-state index in [-0.39, 0.29) is 6.03 Å². The zero-order chi connectivity index (χ0) is 21.9. The fourth-order valence-corrected chi connectivity index (χ4v) is 4.46. The first-order valence-corrected chi connectivity index (χ1v) is 11.4. The summed E-state index contributed by atoms with van der Waals surface area (Å²) in [5, 5.41) is 3.54. The molecule has 0 atom stereocenters. The molecule has 2 aromatic rings. The zero-order valence-corrected chi connectivity index (χ0v) is 18.7. The SMILES string of the molecule is O=C(Nc1cccc(Cl)c1)N1CCc2nc(N3CCOCC3)nc(N3CCOCC3)c2C1. The lowest BCUT2D eigenvalue weighted by Crippen LogP contribution is -2.43. The molecule has 2 saturated heterocycles. The summed E-state index contributed by atoms with van der Waals surface area (Å²) in [6, 6.07) is 7.03. The summed E-state index contributed by atoms with van der Waals surface area (Å²) in [6.45, 7) is 6.91. The Labute approximate surface area is 192 Å². The molecular formula is C22H27ClN6O3. The maximum Gasteiger partial charge on any atom is 0.322 e. The largest absolute Gasteiger partial charge is 0.378 e. The van der Waals surface area contributed by atoms with E-state index in [0.717, 1.165) is 49.2 Å². The number of rotatable bonds is 3. The van der Waals surface area contributed by atoms with Crippen LogP contribution in [0.15, 0.2) is 24.3 Å². The molecule has 5 rings (SSSR count). The van der Waals surface area contributed by atoms with Gasteiger partial charge in [-0.3, -0.25) is 0 Å². The predicted molar refractivity (Wildman–Crippen MR) is 123 cm³/mol. The minimum Gasteiger partial charge on any atom is -0.378 e. The van der Waals surface area contributed by atoms with Gasteiger partial charge in [0.1, 0.15) is 5.82 Å². The van der Waals surface area contributed by atoms with E-state index in [1.54, 1.807) is 12.1 Å². The van der Waals surface area contributed by atoms with E-state index in [1.807, 2.05) is 17.0 Å². The summed E-state index contributed by atoms with van der Waals surface area (Å²) < 4.78 is 11.0. The normalized spacial score (nSPS) is 19.0. The Morgan fingerprint density at radius 1 is 0.969 bits per heavy atom. The Hall–Kier alpha value is -2.62. The number of amides is 2. The summed E-state index contributed by atoms with van der Waals surface area (Å²) in [7, 11) is 0. The second-order valence-electron chi connectivity index (χ2n) is 8.08. The smallest absolute Gasteiger partial charge is 0.322 e. The number of carbonyl (C=O) groups is 1. The van der Waals surface area contributed by atoms with Gasteiger partial charge < -0.3 is 29.5 Å². The third-order valence-corrected chi connectivity index (χ3v) is 6.23. The number of nitrogens with zero attached hydrogens (tertiary/aromatic N) is 5. The van der Waals surface area contributed by atoms with Crippen LogP contribution in [0.3, 0.4) is 0 Å². The van der Waals surface area contributed by atoms with E-state index < -0.39 is 0 Å². The molecule has 170 valence electrons. The molecule has 32 heavy (non-hydrogen) atoms. The molecule has 9 nitrogen and oxygen atoms in total. The standard InChI is InChI=1S/C22H27ClN6O3/c23-16-2-1-3-17(14-16)24-22(30)29-5-4-19-18(15-29)20(27-6-10-31-11-7-27)26-21(25-19)28-8-12-32-13-9-28/h1-3,14H,4-13,15H2,(H,24,30). The molecule has 2 amide bonds. The number of hydrogen-bond acceptors (Lipinski definition) is 7. The minimum absolute atomic E-state index is 0.150. The summed E-state index contributed by atoms with van der Waals surface area (Å²) in [6.07, 6.45) is 0.690. The van der Waals surface area contributed by atoms with E-state index in [2.05, 4.69) is 15.1 Å². The van der Waals surface area contributed by atoms with Crippen LogP contribution < -0.4 is 15.1 Å². The molecule has 3 aliphatic heterocycles. The average Bonchev–Trinajstić information content (AvgIpc) is 2.84. The third-order valence-electron chi connectivity index (χ3n) is 5.99. The van der Waals surface area contributed by atoms with Gasteiger partial charge in [0.25, 0.3) is 0 Å². The Kier molecular flexibility index (Phi) is 6.29. The maximum atomic E-state index is 13.0. The summed E-state index contributed by atoms with van der Waals surface area (Å²) in [5.41, 5.74) is 2.73. The molecule has 10 heteroatoms. The lowest BCUT2D eigenvalue weighted by Gasteiger charge is -2.36. The van der Waals surface area contributed by atoms with Crippen LogP contribution in [0.1, 0.15) is 11.3 Å². The molecule has 0 saturated carbocycles. The average molecular weight is 459 g/mol. The van der Waals surface area contributed by atoms with Gasteiger partial charge in [0.2, 0.25) is 5.95 Å². The molecule has 0 aliphatic carbocycles. The molecule has 3 aliphatic rings. The second-order valence-corrected chi connectivity index (χ2v) is 8.52. The van der Waals surface area contributed by atoms with Crippen LogP contribution in [-0.2, 0) is 22.4 Å². The Bertz CT molecular complexity index is 978. The fraction of sp³-hybridized carbons (Fsp3) is 0.500. The molecular weight excluding hydrogens is 432 g/mol. The summed E-state index contributed by atoms with van der Waals surface area (Å²) in [4.78, 5) is 29.1.